The summed E-state index contributed by atoms with van der Waals surface area (Å²) >= 11 is 0. The lowest BCUT2D eigenvalue weighted by Gasteiger charge is -2.50. The average molecular weight is 477 g/mol. The largest absolute Gasteiger partial charge is 0.496 e. The number of benzene rings is 4. The Labute approximate surface area is 211 Å². The molecule has 2 heterocycles. The van der Waals surface area contributed by atoms with Crippen LogP contribution in [-0.2, 0) is 12.2 Å². The second-order valence-electron chi connectivity index (χ2n) is 9.15. The fourth-order valence-electron chi connectivity index (χ4n) is 5.58. The van der Waals surface area contributed by atoms with E-state index < -0.39 is 5.79 Å². The summed E-state index contributed by atoms with van der Waals surface area (Å²) in [5.74, 6) is 2.06. The quantitative estimate of drug-likeness (QED) is 0.311. The molecule has 4 aromatic carbocycles. The maximum Gasteiger partial charge on any atom is 0.281 e. The van der Waals surface area contributed by atoms with Crippen molar-refractivity contribution >= 4 is 6.08 Å². The van der Waals surface area contributed by atoms with E-state index in [1.165, 1.54) is 0 Å². The van der Waals surface area contributed by atoms with E-state index in [-0.39, 0.29) is 11.8 Å². The maximum absolute atomic E-state index is 6.89. The molecule has 4 aromatic rings. The van der Waals surface area contributed by atoms with Gasteiger partial charge in [0.15, 0.2) is 0 Å². The van der Waals surface area contributed by atoms with Crippen molar-refractivity contribution in [2.24, 2.45) is 5.92 Å². The summed E-state index contributed by atoms with van der Waals surface area (Å²) in [6.07, 6.45) is 5.17. The van der Waals surface area contributed by atoms with Crippen molar-refractivity contribution in [3.8, 4) is 23.0 Å². The molecule has 0 saturated carbocycles. The molecule has 0 bridgehead atoms. The first-order valence-corrected chi connectivity index (χ1v) is 12.2. The number of methoxy groups -OCH3 is 2. The number of hydrogen-bond acceptors (Lipinski definition) is 4. The Morgan fingerprint density at radius 2 is 1.36 bits per heavy atom. The zero-order valence-electron chi connectivity index (χ0n) is 20.4. The molecule has 0 aliphatic carbocycles. The van der Waals surface area contributed by atoms with Gasteiger partial charge in [0.25, 0.3) is 5.79 Å². The molecule has 0 fully saturated rings. The van der Waals surface area contributed by atoms with Crippen LogP contribution in [0.1, 0.15) is 28.2 Å². The monoisotopic (exact) mass is 476 g/mol. The molecule has 2 aliphatic rings. The molecule has 4 nitrogen and oxygen atoms in total. The highest BCUT2D eigenvalue weighted by atomic mass is 16.7. The Balaban J connectivity index is 1.59. The van der Waals surface area contributed by atoms with E-state index in [0.29, 0.717) is 0 Å². The minimum Gasteiger partial charge on any atom is -0.496 e. The van der Waals surface area contributed by atoms with Crippen LogP contribution >= 0.6 is 0 Å². The Morgan fingerprint density at radius 1 is 0.722 bits per heavy atom. The van der Waals surface area contributed by atoms with E-state index in [0.717, 1.165) is 51.7 Å². The van der Waals surface area contributed by atoms with Gasteiger partial charge in [-0.1, -0.05) is 84.9 Å². The molecule has 0 aromatic heterocycles. The lowest BCUT2D eigenvalue weighted by Crippen LogP contribution is -2.54. The Kier molecular flexibility index (Phi) is 5.65. The second kappa shape index (κ2) is 9.12. The molecule has 1 unspecified atom stereocenters. The van der Waals surface area contributed by atoms with Crippen molar-refractivity contribution in [2.75, 3.05) is 14.2 Å². The van der Waals surface area contributed by atoms with Gasteiger partial charge in [-0.15, -0.1) is 0 Å². The van der Waals surface area contributed by atoms with Gasteiger partial charge in [0.05, 0.1) is 20.1 Å². The minimum absolute atomic E-state index is 0.0385. The molecule has 2 aliphatic heterocycles. The highest BCUT2D eigenvalue weighted by Gasteiger charge is 2.56. The van der Waals surface area contributed by atoms with Crippen molar-refractivity contribution in [2.45, 2.75) is 18.1 Å². The average Bonchev–Trinajstić information content (AvgIpc) is 2.94. The highest BCUT2D eigenvalue weighted by Crippen LogP contribution is 2.58. The van der Waals surface area contributed by atoms with Crippen LogP contribution in [0.5, 0.6) is 23.0 Å². The van der Waals surface area contributed by atoms with Gasteiger partial charge in [0.1, 0.15) is 23.0 Å². The standard InChI is InChI=1S/C32H28O4/c1-33-27-15-9-16-28-25(27)21-26-24(20-19-22-11-5-3-6-12-22)31-29(34-2)17-10-18-30(31)36-32(26,35-28)23-13-7-4-8-14-23/h3-20,24,26H,21H2,1-2H3/b20-19+/t24?,26-,32+/m1/s1. The van der Waals surface area contributed by atoms with Crippen LogP contribution in [0.4, 0.5) is 0 Å². The number of ether oxygens (including phenoxy) is 4. The summed E-state index contributed by atoms with van der Waals surface area (Å²) < 4.78 is 25.4. The molecule has 0 spiro atoms. The lowest BCUT2D eigenvalue weighted by molar-refractivity contribution is -0.188. The smallest absolute Gasteiger partial charge is 0.281 e. The molecule has 0 radical (unpaired) electrons. The zero-order chi connectivity index (χ0) is 24.5. The van der Waals surface area contributed by atoms with Crippen LogP contribution in [-0.4, -0.2) is 14.2 Å². The van der Waals surface area contributed by atoms with Crippen molar-refractivity contribution in [3.63, 3.8) is 0 Å². The first kappa shape index (κ1) is 22.3. The molecule has 0 saturated heterocycles. The van der Waals surface area contributed by atoms with Crippen LogP contribution in [0.15, 0.2) is 103 Å². The predicted molar refractivity (Wildman–Crippen MR) is 141 cm³/mol. The van der Waals surface area contributed by atoms with E-state index in [2.05, 4.69) is 48.6 Å². The van der Waals surface area contributed by atoms with Gasteiger partial charge in [-0.25, -0.2) is 0 Å². The van der Waals surface area contributed by atoms with Crippen molar-refractivity contribution in [1.82, 2.24) is 0 Å². The van der Waals surface area contributed by atoms with Gasteiger partial charge in [-0.3, -0.25) is 0 Å². The zero-order valence-corrected chi connectivity index (χ0v) is 20.4. The Bertz CT molecular complexity index is 1400. The molecule has 6 rings (SSSR count). The molecular weight excluding hydrogens is 448 g/mol. The van der Waals surface area contributed by atoms with E-state index in [1.54, 1.807) is 14.2 Å². The molecule has 0 amide bonds. The number of allylic oxidation sites excluding steroid dienone is 1. The molecule has 4 heteroatoms. The molecular formula is C32H28O4. The summed E-state index contributed by atoms with van der Waals surface area (Å²) in [5, 5.41) is 0. The third-order valence-electron chi connectivity index (χ3n) is 7.23. The minimum atomic E-state index is -1.01. The maximum atomic E-state index is 6.89. The SMILES string of the molecule is COc1cccc2c1C[C@@H]1C(/C=C/c3ccccc3)c3c(OC)cccc3O[C@]1(c1ccccc1)O2. The van der Waals surface area contributed by atoms with Crippen molar-refractivity contribution in [1.29, 1.82) is 0 Å². The molecule has 3 atom stereocenters. The van der Waals surface area contributed by atoms with Crippen LogP contribution in [0, 0.1) is 5.92 Å². The summed E-state index contributed by atoms with van der Waals surface area (Å²) in [7, 11) is 3.42. The fourth-order valence-corrected chi connectivity index (χ4v) is 5.58. The Hall–Kier alpha value is -4.18. The van der Waals surface area contributed by atoms with Crippen LogP contribution in [0.25, 0.3) is 6.08 Å². The first-order chi connectivity index (χ1) is 17.7. The summed E-state index contributed by atoms with van der Waals surface area (Å²) in [4.78, 5) is 0. The first-order valence-electron chi connectivity index (χ1n) is 12.2. The van der Waals surface area contributed by atoms with Crippen molar-refractivity contribution in [3.05, 3.63) is 125 Å². The van der Waals surface area contributed by atoms with Gasteiger partial charge in [-0.05, 0) is 36.2 Å². The number of fused-ring (bicyclic) bond motifs is 3. The summed E-state index contributed by atoms with van der Waals surface area (Å²) in [6, 6.07) is 32.5. The lowest BCUT2D eigenvalue weighted by atomic mass is 9.70. The third kappa shape index (κ3) is 3.61. The normalized spacial score (nSPS) is 21.9. The predicted octanol–water partition coefficient (Wildman–Crippen LogP) is 7.00. The fraction of sp³-hybridized carbons (Fsp3) is 0.188. The molecule has 36 heavy (non-hydrogen) atoms. The molecule has 0 N–H and O–H groups in total. The van der Waals surface area contributed by atoms with Gasteiger partial charge in [0.2, 0.25) is 0 Å². The van der Waals surface area contributed by atoms with Gasteiger partial charge in [-0.2, -0.15) is 0 Å². The second-order valence-corrected chi connectivity index (χ2v) is 9.15. The van der Waals surface area contributed by atoms with Gasteiger partial charge in [0, 0.05) is 22.6 Å². The molecule has 180 valence electrons. The van der Waals surface area contributed by atoms with Crippen LogP contribution < -0.4 is 18.9 Å². The topological polar surface area (TPSA) is 36.9 Å². The van der Waals surface area contributed by atoms with Crippen LogP contribution in [0.3, 0.4) is 0 Å². The van der Waals surface area contributed by atoms with E-state index in [1.807, 2.05) is 60.7 Å². The van der Waals surface area contributed by atoms with E-state index >= 15 is 0 Å². The Morgan fingerprint density at radius 3 is 2.08 bits per heavy atom. The van der Waals surface area contributed by atoms with Gasteiger partial charge >= 0.3 is 0 Å². The number of rotatable bonds is 5. The summed E-state index contributed by atoms with van der Waals surface area (Å²) in [6.45, 7) is 0. The third-order valence-corrected chi connectivity index (χ3v) is 7.23. The van der Waals surface area contributed by atoms with Crippen LogP contribution in [0.2, 0.25) is 0 Å². The summed E-state index contributed by atoms with van der Waals surface area (Å²) in [5.41, 5.74) is 4.21. The van der Waals surface area contributed by atoms with Gasteiger partial charge < -0.3 is 18.9 Å². The van der Waals surface area contributed by atoms with Crippen molar-refractivity contribution < 1.29 is 18.9 Å². The number of hydrogen-bond donors (Lipinski definition) is 0. The highest BCUT2D eigenvalue weighted by molar-refractivity contribution is 5.59. The van der Waals surface area contributed by atoms with E-state index in [4.69, 9.17) is 18.9 Å². The van der Waals surface area contributed by atoms with E-state index in [9.17, 15) is 0 Å².